The van der Waals surface area contributed by atoms with Gasteiger partial charge in [0.05, 0.1) is 5.69 Å². The second-order valence-corrected chi connectivity index (χ2v) is 6.29. The van der Waals surface area contributed by atoms with Crippen LogP contribution in [0.15, 0.2) is 4.52 Å². The summed E-state index contributed by atoms with van der Waals surface area (Å²) in [6.45, 7) is 8.86. The number of aryl methyl sites for hydroxylation is 1. The first-order chi connectivity index (χ1) is 9.28. The fourth-order valence-electron chi connectivity index (χ4n) is 2.57. The van der Waals surface area contributed by atoms with Gasteiger partial charge in [-0.25, -0.2) is 4.79 Å². The van der Waals surface area contributed by atoms with Crippen molar-refractivity contribution in [3.63, 3.8) is 0 Å². The first kappa shape index (κ1) is 14.7. The monoisotopic (exact) mass is 281 g/mol. The second kappa shape index (κ2) is 5.34. The molecule has 6 heteroatoms. The molecule has 2 heterocycles. The van der Waals surface area contributed by atoms with Crippen LogP contribution in [-0.2, 0) is 4.74 Å². The number of ether oxygens (including phenoxy) is 1. The lowest BCUT2D eigenvalue weighted by atomic mass is 9.89. The molecule has 20 heavy (non-hydrogen) atoms. The lowest BCUT2D eigenvalue weighted by Gasteiger charge is -2.33. The van der Waals surface area contributed by atoms with E-state index in [0.717, 1.165) is 24.1 Å². The van der Waals surface area contributed by atoms with E-state index < -0.39 is 5.60 Å². The van der Waals surface area contributed by atoms with Crippen molar-refractivity contribution in [1.29, 1.82) is 0 Å². The minimum Gasteiger partial charge on any atom is -0.444 e. The van der Waals surface area contributed by atoms with Crippen molar-refractivity contribution in [3.05, 3.63) is 11.3 Å². The third-order valence-electron chi connectivity index (χ3n) is 3.49. The fraction of sp³-hybridized carbons (Fsp3) is 0.714. The topological polar surface area (TPSA) is 81.6 Å². The van der Waals surface area contributed by atoms with Crippen LogP contribution in [0.25, 0.3) is 0 Å². The first-order valence-electron chi connectivity index (χ1n) is 6.97. The van der Waals surface area contributed by atoms with Crippen LogP contribution < -0.4 is 5.73 Å². The molecule has 6 nitrogen and oxygen atoms in total. The Kier molecular flexibility index (Phi) is 3.92. The molecule has 0 spiro atoms. The molecule has 0 saturated carbocycles. The molecule has 1 fully saturated rings. The maximum atomic E-state index is 12.0. The van der Waals surface area contributed by atoms with Crippen LogP contribution in [0.4, 0.5) is 10.7 Å². The Morgan fingerprint density at radius 1 is 1.40 bits per heavy atom. The number of piperidine rings is 1. The molecule has 0 radical (unpaired) electrons. The zero-order valence-corrected chi connectivity index (χ0v) is 12.6. The third-order valence-corrected chi connectivity index (χ3v) is 3.49. The van der Waals surface area contributed by atoms with Crippen LogP contribution in [-0.4, -0.2) is 34.8 Å². The number of nitrogen functional groups attached to an aromatic ring is 1. The van der Waals surface area contributed by atoms with Gasteiger partial charge in [-0.2, -0.15) is 0 Å². The SMILES string of the molecule is Cc1noc(N)c1C1CCN(C(=O)OC(C)(C)C)CC1. The van der Waals surface area contributed by atoms with E-state index in [4.69, 9.17) is 15.0 Å². The highest BCUT2D eigenvalue weighted by molar-refractivity contribution is 5.68. The molecule has 2 N–H and O–H groups in total. The number of hydrogen-bond acceptors (Lipinski definition) is 5. The van der Waals surface area contributed by atoms with Gasteiger partial charge in [-0.05, 0) is 46.5 Å². The normalized spacial score (nSPS) is 17.3. The molecule has 0 bridgehead atoms. The van der Waals surface area contributed by atoms with Crippen molar-refractivity contribution in [2.45, 2.75) is 52.1 Å². The van der Waals surface area contributed by atoms with Crippen molar-refractivity contribution in [3.8, 4) is 0 Å². The van der Waals surface area contributed by atoms with Gasteiger partial charge in [-0.1, -0.05) is 5.16 Å². The zero-order valence-electron chi connectivity index (χ0n) is 12.6. The number of nitrogens with zero attached hydrogens (tertiary/aromatic N) is 2. The van der Waals surface area contributed by atoms with E-state index in [1.807, 2.05) is 27.7 Å². The summed E-state index contributed by atoms with van der Waals surface area (Å²) in [5.41, 5.74) is 7.20. The Morgan fingerprint density at radius 2 is 2.00 bits per heavy atom. The van der Waals surface area contributed by atoms with Crippen molar-refractivity contribution < 1.29 is 14.1 Å². The summed E-state index contributed by atoms with van der Waals surface area (Å²) in [5, 5.41) is 3.89. The third kappa shape index (κ3) is 3.23. The molecule has 0 aliphatic carbocycles. The van der Waals surface area contributed by atoms with Gasteiger partial charge in [0.15, 0.2) is 0 Å². The Hall–Kier alpha value is -1.72. The van der Waals surface area contributed by atoms with Gasteiger partial charge in [0, 0.05) is 18.7 Å². The lowest BCUT2D eigenvalue weighted by Crippen LogP contribution is -2.41. The number of carbonyl (C=O) groups excluding carboxylic acids is 1. The maximum Gasteiger partial charge on any atom is 0.410 e. The maximum absolute atomic E-state index is 12.0. The molecule has 1 aliphatic rings. The molecule has 1 aliphatic heterocycles. The number of carbonyl (C=O) groups is 1. The number of nitrogens with two attached hydrogens (primary N) is 1. The number of likely N-dealkylation sites (tertiary alicyclic amines) is 1. The van der Waals surface area contributed by atoms with Gasteiger partial charge < -0.3 is 19.9 Å². The molecule has 0 aromatic carbocycles. The number of anilines is 1. The number of hydrogen-bond donors (Lipinski definition) is 1. The smallest absolute Gasteiger partial charge is 0.410 e. The van der Waals surface area contributed by atoms with Gasteiger partial charge in [0.1, 0.15) is 5.60 Å². The predicted molar refractivity (Wildman–Crippen MR) is 75.4 cm³/mol. The quantitative estimate of drug-likeness (QED) is 0.855. The van der Waals surface area contributed by atoms with Gasteiger partial charge >= 0.3 is 6.09 Å². The average molecular weight is 281 g/mol. The van der Waals surface area contributed by atoms with Crippen LogP contribution in [0.5, 0.6) is 0 Å². The van der Waals surface area contributed by atoms with Gasteiger partial charge in [0.2, 0.25) is 5.88 Å². The molecule has 1 saturated heterocycles. The average Bonchev–Trinajstić information content (AvgIpc) is 2.67. The summed E-state index contributed by atoms with van der Waals surface area (Å²) >= 11 is 0. The minimum absolute atomic E-state index is 0.244. The number of aromatic nitrogens is 1. The molecule has 2 rings (SSSR count). The summed E-state index contributed by atoms with van der Waals surface area (Å²) in [7, 11) is 0. The minimum atomic E-state index is -0.455. The molecule has 0 unspecified atom stereocenters. The summed E-state index contributed by atoms with van der Waals surface area (Å²) < 4.78 is 10.4. The van der Waals surface area contributed by atoms with Crippen LogP contribution in [0.1, 0.15) is 50.8 Å². The van der Waals surface area contributed by atoms with Crippen molar-refractivity contribution >= 4 is 12.0 Å². The van der Waals surface area contributed by atoms with E-state index in [0.29, 0.717) is 24.9 Å². The largest absolute Gasteiger partial charge is 0.444 e. The van der Waals surface area contributed by atoms with E-state index in [2.05, 4.69) is 5.16 Å². The van der Waals surface area contributed by atoms with Crippen LogP contribution >= 0.6 is 0 Å². The number of rotatable bonds is 1. The Bertz CT molecular complexity index is 463. The highest BCUT2D eigenvalue weighted by atomic mass is 16.6. The fourth-order valence-corrected chi connectivity index (χ4v) is 2.57. The Balaban J connectivity index is 1.94. The van der Waals surface area contributed by atoms with Crippen molar-refractivity contribution in [2.24, 2.45) is 0 Å². The van der Waals surface area contributed by atoms with Crippen molar-refractivity contribution in [1.82, 2.24) is 10.1 Å². The summed E-state index contributed by atoms with van der Waals surface area (Å²) in [5.74, 6) is 0.707. The van der Waals surface area contributed by atoms with E-state index in [-0.39, 0.29) is 6.09 Å². The molecule has 1 aromatic rings. The number of amides is 1. The van der Waals surface area contributed by atoms with Crippen LogP contribution in [0.2, 0.25) is 0 Å². The summed E-state index contributed by atoms with van der Waals surface area (Å²) in [6.07, 6.45) is 1.46. The molecule has 0 atom stereocenters. The van der Waals surface area contributed by atoms with Gasteiger partial charge in [-0.3, -0.25) is 0 Å². The molecule has 112 valence electrons. The standard InChI is InChI=1S/C14H23N3O3/c1-9-11(12(15)20-16-9)10-5-7-17(8-6-10)13(18)19-14(2,3)4/h10H,5-8,15H2,1-4H3. The van der Waals surface area contributed by atoms with Gasteiger partial charge in [-0.15, -0.1) is 0 Å². The van der Waals surface area contributed by atoms with E-state index in [1.165, 1.54) is 0 Å². The van der Waals surface area contributed by atoms with E-state index >= 15 is 0 Å². The van der Waals surface area contributed by atoms with E-state index in [1.54, 1.807) is 4.90 Å². The Labute approximate surface area is 119 Å². The van der Waals surface area contributed by atoms with Crippen LogP contribution in [0.3, 0.4) is 0 Å². The lowest BCUT2D eigenvalue weighted by molar-refractivity contribution is 0.0205. The zero-order chi connectivity index (χ0) is 14.9. The highest BCUT2D eigenvalue weighted by Gasteiger charge is 2.30. The molecule has 1 amide bonds. The van der Waals surface area contributed by atoms with Crippen LogP contribution in [0, 0.1) is 6.92 Å². The predicted octanol–water partition coefficient (Wildman–Crippen LogP) is 2.68. The second-order valence-electron chi connectivity index (χ2n) is 6.29. The highest BCUT2D eigenvalue weighted by Crippen LogP contribution is 2.34. The molecular formula is C14H23N3O3. The summed E-state index contributed by atoms with van der Waals surface area (Å²) in [4.78, 5) is 13.7. The molecular weight excluding hydrogens is 258 g/mol. The van der Waals surface area contributed by atoms with E-state index in [9.17, 15) is 4.79 Å². The first-order valence-corrected chi connectivity index (χ1v) is 6.97. The Morgan fingerprint density at radius 3 is 2.45 bits per heavy atom. The van der Waals surface area contributed by atoms with Crippen molar-refractivity contribution in [2.75, 3.05) is 18.8 Å². The summed E-state index contributed by atoms with van der Waals surface area (Å²) in [6, 6.07) is 0. The molecule has 1 aromatic heterocycles. The van der Waals surface area contributed by atoms with Gasteiger partial charge in [0.25, 0.3) is 0 Å².